The Morgan fingerprint density at radius 1 is 1.29 bits per heavy atom. The molecule has 0 aliphatic heterocycles. The van der Waals surface area contributed by atoms with Crippen LogP contribution in [-0.4, -0.2) is 24.0 Å². The molecular formula is C9H20BrNO2S. The van der Waals surface area contributed by atoms with Crippen LogP contribution in [0.2, 0.25) is 0 Å². The molecule has 0 aromatic heterocycles. The van der Waals surface area contributed by atoms with Crippen molar-refractivity contribution in [2.75, 3.05) is 0 Å². The Hall–Kier alpha value is 0.390. The van der Waals surface area contributed by atoms with Crippen molar-refractivity contribution in [2.24, 2.45) is 0 Å². The van der Waals surface area contributed by atoms with Gasteiger partial charge in [-0.1, -0.05) is 22.9 Å². The molecule has 0 amide bonds. The van der Waals surface area contributed by atoms with Crippen molar-refractivity contribution in [1.29, 1.82) is 0 Å². The van der Waals surface area contributed by atoms with Crippen LogP contribution in [0.1, 0.15) is 41.0 Å². The molecule has 0 radical (unpaired) electrons. The van der Waals surface area contributed by atoms with Crippen molar-refractivity contribution < 1.29 is 8.42 Å². The second-order valence-electron chi connectivity index (χ2n) is 4.65. The number of sulfonamides is 1. The van der Waals surface area contributed by atoms with Crippen molar-refractivity contribution in [3.63, 3.8) is 0 Å². The highest BCUT2D eigenvalue weighted by atomic mass is 79.9. The van der Waals surface area contributed by atoms with Crippen LogP contribution in [0.25, 0.3) is 0 Å². The topological polar surface area (TPSA) is 46.2 Å². The average Bonchev–Trinajstić information content (AvgIpc) is 1.79. The van der Waals surface area contributed by atoms with Crippen LogP contribution in [0.3, 0.4) is 0 Å². The average molecular weight is 286 g/mol. The van der Waals surface area contributed by atoms with Crippen LogP contribution < -0.4 is 4.72 Å². The van der Waals surface area contributed by atoms with Gasteiger partial charge < -0.3 is 0 Å². The molecule has 2 unspecified atom stereocenters. The second-order valence-corrected chi connectivity index (χ2v) is 8.68. The maximum Gasteiger partial charge on any atom is 0.216 e. The molecule has 5 heteroatoms. The van der Waals surface area contributed by atoms with Crippen molar-refractivity contribution in [3.8, 4) is 0 Å². The largest absolute Gasteiger partial charge is 0.216 e. The normalized spacial score (nSPS) is 17.9. The molecule has 86 valence electrons. The van der Waals surface area contributed by atoms with Gasteiger partial charge in [-0.05, 0) is 34.1 Å². The van der Waals surface area contributed by atoms with E-state index in [4.69, 9.17) is 0 Å². The van der Waals surface area contributed by atoms with Gasteiger partial charge in [-0.25, -0.2) is 13.1 Å². The molecular weight excluding hydrogens is 266 g/mol. The van der Waals surface area contributed by atoms with Crippen LogP contribution in [0, 0.1) is 0 Å². The Morgan fingerprint density at radius 2 is 1.71 bits per heavy atom. The Kier molecular flexibility index (Phi) is 5.08. The Labute approximate surface area is 95.8 Å². The van der Waals surface area contributed by atoms with E-state index in [1.165, 1.54) is 0 Å². The van der Waals surface area contributed by atoms with E-state index < -0.39 is 14.8 Å². The summed E-state index contributed by atoms with van der Waals surface area (Å²) in [7, 11) is -3.21. The van der Waals surface area contributed by atoms with Gasteiger partial charge in [-0.15, -0.1) is 0 Å². The molecule has 0 saturated heterocycles. The van der Waals surface area contributed by atoms with Crippen molar-refractivity contribution >= 4 is 26.0 Å². The fourth-order valence-corrected chi connectivity index (χ4v) is 2.52. The van der Waals surface area contributed by atoms with E-state index in [-0.39, 0.29) is 6.04 Å². The number of halogens is 1. The van der Waals surface area contributed by atoms with E-state index in [1.807, 2.05) is 13.8 Å². The summed E-state index contributed by atoms with van der Waals surface area (Å²) in [6.07, 6.45) is 0.787. The number of alkyl halides is 1. The third-order valence-electron chi connectivity index (χ3n) is 1.84. The lowest BCUT2D eigenvalue weighted by atomic mass is 10.2. The van der Waals surface area contributed by atoms with E-state index >= 15 is 0 Å². The van der Waals surface area contributed by atoms with Gasteiger partial charge in [0.05, 0.1) is 4.75 Å². The first-order chi connectivity index (χ1) is 6.06. The van der Waals surface area contributed by atoms with E-state index in [2.05, 4.69) is 20.7 Å². The fraction of sp³-hybridized carbons (Fsp3) is 1.00. The van der Waals surface area contributed by atoms with Gasteiger partial charge in [0.1, 0.15) is 0 Å². The zero-order valence-corrected chi connectivity index (χ0v) is 11.9. The van der Waals surface area contributed by atoms with Gasteiger partial charge in [0.15, 0.2) is 0 Å². The standard InChI is InChI=1S/C9H20BrNO2S/c1-7(10)6-8(2)11-14(12,13)9(3,4)5/h7-8,11H,6H2,1-5H3. The van der Waals surface area contributed by atoms with Crippen LogP contribution in [0.4, 0.5) is 0 Å². The van der Waals surface area contributed by atoms with Crippen LogP contribution in [-0.2, 0) is 10.0 Å². The fourth-order valence-electron chi connectivity index (χ4n) is 0.977. The maximum atomic E-state index is 11.7. The smallest absolute Gasteiger partial charge is 0.212 e. The summed E-state index contributed by atoms with van der Waals surface area (Å²) < 4.78 is 25.4. The Bertz CT molecular complexity index is 267. The minimum Gasteiger partial charge on any atom is -0.212 e. The van der Waals surface area contributed by atoms with Gasteiger partial charge >= 0.3 is 0 Å². The molecule has 1 N–H and O–H groups in total. The maximum absolute atomic E-state index is 11.7. The Balaban J connectivity index is 4.39. The van der Waals surface area contributed by atoms with Crippen molar-refractivity contribution in [2.45, 2.75) is 56.7 Å². The predicted octanol–water partition coefficient (Wildman–Crippen LogP) is 2.27. The second kappa shape index (κ2) is 4.94. The van der Waals surface area contributed by atoms with Gasteiger partial charge in [-0.2, -0.15) is 0 Å². The third-order valence-corrected chi connectivity index (χ3v) is 4.54. The molecule has 0 saturated carbocycles. The van der Waals surface area contributed by atoms with Gasteiger partial charge in [0.25, 0.3) is 0 Å². The minimum absolute atomic E-state index is 0.0337. The molecule has 0 aliphatic carbocycles. The van der Waals surface area contributed by atoms with Gasteiger partial charge in [0.2, 0.25) is 10.0 Å². The molecule has 0 aromatic carbocycles. The highest BCUT2D eigenvalue weighted by molar-refractivity contribution is 9.09. The molecule has 0 aliphatic rings. The van der Waals surface area contributed by atoms with E-state index in [9.17, 15) is 8.42 Å². The molecule has 3 nitrogen and oxygen atoms in total. The zero-order chi connectivity index (χ0) is 11.6. The quantitative estimate of drug-likeness (QED) is 0.806. The van der Waals surface area contributed by atoms with E-state index in [0.717, 1.165) is 6.42 Å². The number of hydrogen-bond acceptors (Lipinski definition) is 2. The van der Waals surface area contributed by atoms with Crippen molar-refractivity contribution in [1.82, 2.24) is 4.72 Å². The summed E-state index contributed by atoms with van der Waals surface area (Å²) in [5.41, 5.74) is 0. The highest BCUT2D eigenvalue weighted by Crippen LogP contribution is 2.15. The Morgan fingerprint density at radius 3 is 2.00 bits per heavy atom. The minimum atomic E-state index is -3.21. The summed E-state index contributed by atoms with van der Waals surface area (Å²) in [5, 5.41) is 0. The number of nitrogens with one attached hydrogen (secondary N) is 1. The molecule has 0 rings (SSSR count). The van der Waals surface area contributed by atoms with Crippen molar-refractivity contribution in [3.05, 3.63) is 0 Å². The van der Waals surface area contributed by atoms with Crippen LogP contribution in [0.15, 0.2) is 0 Å². The summed E-state index contributed by atoms with van der Waals surface area (Å²) in [5.74, 6) is 0. The van der Waals surface area contributed by atoms with Gasteiger partial charge in [0, 0.05) is 10.9 Å². The van der Waals surface area contributed by atoms with Crippen LogP contribution in [0.5, 0.6) is 0 Å². The summed E-state index contributed by atoms with van der Waals surface area (Å²) in [6.45, 7) is 8.96. The summed E-state index contributed by atoms with van der Waals surface area (Å²) >= 11 is 3.40. The third kappa shape index (κ3) is 4.75. The zero-order valence-electron chi connectivity index (χ0n) is 9.46. The lowest BCUT2D eigenvalue weighted by Gasteiger charge is -2.23. The molecule has 0 fully saturated rings. The lowest BCUT2D eigenvalue weighted by Crippen LogP contribution is -2.44. The molecule has 14 heavy (non-hydrogen) atoms. The predicted molar refractivity (Wildman–Crippen MR) is 64.3 cm³/mol. The first-order valence-corrected chi connectivity index (χ1v) is 7.12. The molecule has 0 bridgehead atoms. The van der Waals surface area contributed by atoms with E-state index in [1.54, 1.807) is 20.8 Å². The van der Waals surface area contributed by atoms with E-state index in [0.29, 0.717) is 4.83 Å². The SMILES string of the molecule is CC(Br)CC(C)NS(=O)(=O)C(C)(C)C. The summed E-state index contributed by atoms with van der Waals surface area (Å²) in [6, 6.07) is -0.0337. The molecule has 2 atom stereocenters. The lowest BCUT2D eigenvalue weighted by molar-refractivity contribution is 0.518. The molecule has 0 heterocycles. The first kappa shape index (κ1) is 14.4. The first-order valence-electron chi connectivity index (χ1n) is 4.72. The van der Waals surface area contributed by atoms with Crippen LogP contribution >= 0.6 is 15.9 Å². The highest BCUT2D eigenvalue weighted by Gasteiger charge is 2.30. The summed E-state index contributed by atoms with van der Waals surface area (Å²) in [4.78, 5) is 0.320. The number of rotatable bonds is 4. The molecule has 0 spiro atoms. The number of hydrogen-bond donors (Lipinski definition) is 1. The molecule has 0 aromatic rings. The monoisotopic (exact) mass is 285 g/mol. The van der Waals surface area contributed by atoms with Gasteiger partial charge in [-0.3, -0.25) is 0 Å².